The van der Waals surface area contributed by atoms with E-state index >= 15 is 0 Å². The smallest absolute Gasteiger partial charge is 0.119 e. The zero-order valence-corrected chi connectivity index (χ0v) is 11.9. The highest BCUT2D eigenvalue weighted by Gasteiger charge is 2.20. The minimum atomic E-state index is -0.0624. The van der Waals surface area contributed by atoms with Crippen LogP contribution in [-0.2, 0) is 0 Å². The summed E-state index contributed by atoms with van der Waals surface area (Å²) in [5, 5.41) is 12.7. The minimum absolute atomic E-state index is 0.0624. The van der Waals surface area contributed by atoms with Crippen molar-refractivity contribution in [1.29, 1.82) is 0 Å². The van der Waals surface area contributed by atoms with Gasteiger partial charge in [0, 0.05) is 17.6 Å². The van der Waals surface area contributed by atoms with Crippen LogP contribution in [0.1, 0.15) is 34.1 Å². The van der Waals surface area contributed by atoms with Crippen molar-refractivity contribution in [2.75, 3.05) is 18.5 Å². The van der Waals surface area contributed by atoms with Crippen LogP contribution in [0.3, 0.4) is 0 Å². The highest BCUT2D eigenvalue weighted by atomic mass is 16.5. The largest absolute Gasteiger partial charge is 0.491 e. The van der Waals surface area contributed by atoms with E-state index < -0.39 is 0 Å². The molecule has 1 aromatic rings. The molecule has 1 atom stereocenters. The lowest BCUT2D eigenvalue weighted by molar-refractivity contribution is 0.149. The molecule has 3 heteroatoms. The summed E-state index contributed by atoms with van der Waals surface area (Å²) in [4.78, 5) is 0. The molecule has 0 aliphatic rings. The number of anilines is 1. The zero-order chi connectivity index (χ0) is 13.6. The van der Waals surface area contributed by atoms with Crippen LogP contribution in [0, 0.1) is 5.41 Å². The molecule has 0 aliphatic carbocycles. The molecule has 0 aromatic heterocycles. The van der Waals surface area contributed by atoms with Gasteiger partial charge in [0.1, 0.15) is 5.75 Å². The van der Waals surface area contributed by atoms with E-state index in [4.69, 9.17) is 4.74 Å². The molecular formula is C15H25NO2. The second-order valence-corrected chi connectivity index (χ2v) is 5.37. The van der Waals surface area contributed by atoms with E-state index in [1.807, 2.05) is 38.1 Å². The average molecular weight is 251 g/mol. The van der Waals surface area contributed by atoms with Gasteiger partial charge < -0.3 is 15.2 Å². The van der Waals surface area contributed by atoms with Crippen LogP contribution in [-0.4, -0.2) is 24.4 Å². The molecule has 1 aromatic carbocycles. The van der Waals surface area contributed by atoms with Gasteiger partial charge in [-0.15, -0.1) is 0 Å². The third-order valence-corrected chi connectivity index (χ3v) is 3.18. The standard InChI is InChI=1S/C15H25NO2/c1-5-15(4,11-17)10-16-13-6-8-14(9-7-13)18-12(2)3/h6-9,12,16-17H,5,10-11H2,1-4H3. The number of rotatable bonds is 7. The minimum Gasteiger partial charge on any atom is -0.491 e. The molecule has 102 valence electrons. The van der Waals surface area contributed by atoms with E-state index in [-0.39, 0.29) is 18.1 Å². The van der Waals surface area contributed by atoms with Crippen molar-refractivity contribution in [3.63, 3.8) is 0 Å². The number of hydrogen-bond donors (Lipinski definition) is 2. The Kier molecular flexibility index (Phi) is 5.48. The monoisotopic (exact) mass is 251 g/mol. The summed E-state index contributed by atoms with van der Waals surface area (Å²) in [6.45, 7) is 9.17. The highest BCUT2D eigenvalue weighted by Crippen LogP contribution is 2.22. The van der Waals surface area contributed by atoms with Crippen molar-refractivity contribution in [3.05, 3.63) is 24.3 Å². The van der Waals surface area contributed by atoms with E-state index in [0.29, 0.717) is 0 Å². The molecule has 0 amide bonds. The summed E-state index contributed by atoms with van der Waals surface area (Å²) in [6, 6.07) is 7.94. The van der Waals surface area contributed by atoms with Crippen molar-refractivity contribution in [2.24, 2.45) is 5.41 Å². The van der Waals surface area contributed by atoms with Gasteiger partial charge in [-0.2, -0.15) is 0 Å². The van der Waals surface area contributed by atoms with Crippen LogP contribution < -0.4 is 10.1 Å². The maximum Gasteiger partial charge on any atom is 0.119 e. The van der Waals surface area contributed by atoms with Crippen LogP contribution in [0.15, 0.2) is 24.3 Å². The first-order chi connectivity index (χ1) is 8.49. The van der Waals surface area contributed by atoms with Crippen LogP contribution in [0.2, 0.25) is 0 Å². The molecule has 0 fully saturated rings. The number of nitrogens with one attached hydrogen (secondary N) is 1. The van der Waals surface area contributed by atoms with Crippen molar-refractivity contribution in [3.8, 4) is 5.75 Å². The summed E-state index contributed by atoms with van der Waals surface area (Å²) in [6.07, 6.45) is 1.15. The topological polar surface area (TPSA) is 41.5 Å². The zero-order valence-electron chi connectivity index (χ0n) is 11.9. The lowest BCUT2D eigenvalue weighted by atomic mass is 9.88. The fraction of sp³-hybridized carbons (Fsp3) is 0.600. The second-order valence-electron chi connectivity index (χ2n) is 5.37. The number of hydrogen-bond acceptors (Lipinski definition) is 3. The third kappa shape index (κ3) is 4.57. The van der Waals surface area contributed by atoms with Crippen molar-refractivity contribution in [2.45, 2.75) is 40.2 Å². The van der Waals surface area contributed by atoms with Crippen molar-refractivity contribution >= 4 is 5.69 Å². The molecule has 18 heavy (non-hydrogen) atoms. The summed E-state index contributed by atoms with van der Waals surface area (Å²) in [7, 11) is 0. The molecule has 0 radical (unpaired) electrons. The molecule has 3 nitrogen and oxygen atoms in total. The third-order valence-electron chi connectivity index (χ3n) is 3.18. The maximum absolute atomic E-state index is 9.35. The van der Waals surface area contributed by atoms with Crippen molar-refractivity contribution in [1.82, 2.24) is 0 Å². The maximum atomic E-state index is 9.35. The van der Waals surface area contributed by atoms with Gasteiger partial charge in [0.05, 0.1) is 12.7 Å². The molecule has 0 bridgehead atoms. The van der Waals surface area contributed by atoms with Crippen LogP contribution >= 0.6 is 0 Å². The first-order valence-corrected chi connectivity index (χ1v) is 6.60. The summed E-state index contributed by atoms with van der Waals surface area (Å²) < 4.78 is 5.59. The Bertz CT molecular complexity index is 342. The number of aliphatic hydroxyl groups is 1. The lowest BCUT2D eigenvalue weighted by Gasteiger charge is -2.26. The van der Waals surface area contributed by atoms with Gasteiger partial charge in [0.2, 0.25) is 0 Å². The molecule has 0 saturated heterocycles. The van der Waals surface area contributed by atoms with E-state index in [2.05, 4.69) is 19.2 Å². The Labute approximate surface area is 110 Å². The molecule has 0 heterocycles. The fourth-order valence-corrected chi connectivity index (χ4v) is 1.53. The van der Waals surface area contributed by atoms with Gasteiger partial charge in [-0.1, -0.05) is 13.8 Å². The van der Waals surface area contributed by atoms with Crippen LogP contribution in [0.5, 0.6) is 5.75 Å². The van der Waals surface area contributed by atoms with E-state index in [9.17, 15) is 5.11 Å². The van der Waals surface area contributed by atoms with Gasteiger partial charge in [0.25, 0.3) is 0 Å². The van der Waals surface area contributed by atoms with Crippen molar-refractivity contribution < 1.29 is 9.84 Å². The molecule has 0 spiro atoms. The molecule has 0 saturated carbocycles. The lowest BCUT2D eigenvalue weighted by Crippen LogP contribution is -2.29. The van der Waals surface area contributed by atoms with Gasteiger partial charge in [0.15, 0.2) is 0 Å². The molecule has 2 N–H and O–H groups in total. The summed E-state index contributed by atoms with van der Waals surface area (Å²) in [5.41, 5.74) is 0.992. The van der Waals surface area contributed by atoms with Crippen LogP contribution in [0.4, 0.5) is 5.69 Å². The Morgan fingerprint density at radius 2 is 1.89 bits per heavy atom. The Balaban J connectivity index is 2.53. The highest BCUT2D eigenvalue weighted by molar-refractivity contribution is 5.46. The normalized spacial score (nSPS) is 14.3. The predicted octanol–water partition coefficient (Wildman–Crippen LogP) is 3.29. The van der Waals surface area contributed by atoms with E-state index in [1.54, 1.807) is 0 Å². The summed E-state index contributed by atoms with van der Waals surface area (Å²) in [5.74, 6) is 0.885. The van der Waals surface area contributed by atoms with E-state index in [1.165, 1.54) is 0 Å². The second kappa shape index (κ2) is 6.64. The SMILES string of the molecule is CCC(C)(CO)CNc1ccc(OC(C)C)cc1. The Hall–Kier alpha value is -1.22. The van der Waals surface area contributed by atoms with E-state index in [0.717, 1.165) is 24.4 Å². The average Bonchev–Trinajstić information content (AvgIpc) is 2.37. The summed E-state index contributed by atoms with van der Waals surface area (Å²) >= 11 is 0. The molecule has 1 unspecified atom stereocenters. The number of benzene rings is 1. The van der Waals surface area contributed by atoms with Gasteiger partial charge in [-0.25, -0.2) is 0 Å². The Morgan fingerprint density at radius 3 is 2.33 bits per heavy atom. The quantitative estimate of drug-likeness (QED) is 0.781. The fourth-order valence-electron chi connectivity index (χ4n) is 1.53. The molecular weight excluding hydrogens is 226 g/mol. The first-order valence-electron chi connectivity index (χ1n) is 6.60. The number of ether oxygens (including phenoxy) is 1. The van der Waals surface area contributed by atoms with Gasteiger partial charge >= 0.3 is 0 Å². The predicted molar refractivity (Wildman–Crippen MR) is 76.2 cm³/mol. The van der Waals surface area contributed by atoms with Gasteiger partial charge in [-0.3, -0.25) is 0 Å². The molecule has 0 aliphatic heterocycles. The first kappa shape index (κ1) is 14.8. The van der Waals surface area contributed by atoms with Gasteiger partial charge in [-0.05, 0) is 44.5 Å². The van der Waals surface area contributed by atoms with Crippen LogP contribution in [0.25, 0.3) is 0 Å². The Morgan fingerprint density at radius 1 is 1.28 bits per heavy atom. The molecule has 1 rings (SSSR count). The number of aliphatic hydroxyl groups excluding tert-OH is 1.